The van der Waals surface area contributed by atoms with Crippen molar-refractivity contribution in [2.24, 2.45) is 0 Å². The lowest BCUT2D eigenvalue weighted by Gasteiger charge is -2.26. The highest BCUT2D eigenvalue weighted by atomic mass is 32.1. The van der Waals surface area contributed by atoms with Crippen LogP contribution in [-0.2, 0) is 13.0 Å². The molecule has 2 heteroatoms. The maximum atomic E-state index is 2.54. The van der Waals surface area contributed by atoms with Gasteiger partial charge in [0.15, 0.2) is 0 Å². The summed E-state index contributed by atoms with van der Waals surface area (Å²) in [6.45, 7) is 10.5. The van der Waals surface area contributed by atoms with Crippen molar-refractivity contribution in [3.63, 3.8) is 0 Å². The zero-order valence-corrected chi connectivity index (χ0v) is 10.2. The summed E-state index contributed by atoms with van der Waals surface area (Å²) < 4.78 is 0. The van der Waals surface area contributed by atoms with Gasteiger partial charge in [-0.25, -0.2) is 0 Å². The van der Waals surface area contributed by atoms with E-state index in [0.717, 1.165) is 0 Å². The molecule has 0 atom stereocenters. The second-order valence-electron chi connectivity index (χ2n) is 4.37. The molecule has 1 nitrogen and oxygen atoms in total. The van der Waals surface area contributed by atoms with Gasteiger partial charge in [0.1, 0.15) is 0 Å². The SMILES string of the molecule is CCN1CCc2scc(C(C)C)c2C1. The molecule has 2 heterocycles. The molecule has 0 aliphatic carbocycles. The molecule has 0 saturated carbocycles. The van der Waals surface area contributed by atoms with Crippen LogP contribution in [-0.4, -0.2) is 18.0 Å². The van der Waals surface area contributed by atoms with E-state index in [4.69, 9.17) is 0 Å². The van der Waals surface area contributed by atoms with Gasteiger partial charge in [-0.2, -0.15) is 0 Å². The summed E-state index contributed by atoms with van der Waals surface area (Å²) in [6.07, 6.45) is 1.26. The van der Waals surface area contributed by atoms with Crippen LogP contribution in [0.25, 0.3) is 0 Å². The first-order chi connectivity index (χ1) is 6.72. The van der Waals surface area contributed by atoms with E-state index in [0.29, 0.717) is 5.92 Å². The van der Waals surface area contributed by atoms with Crippen LogP contribution in [0.4, 0.5) is 0 Å². The minimum Gasteiger partial charge on any atom is -0.299 e. The van der Waals surface area contributed by atoms with Crippen molar-refractivity contribution < 1.29 is 0 Å². The van der Waals surface area contributed by atoms with Gasteiger partial charge in [0, 0.05) is 18.0 Å². The van der Waals surface area contributed by atoms with E-state index in [1.165, 1.54) is 26.1 Å². The van der Waals surface area contributed by atoms with E-state index in [1.807, 2.05) is 11.3 Å². The van der Waals surface area contributed by atoms with Gasteiger partial charge in [0.2, 0.25) is 0 Å². The molecule has 1 aromatic rings. The summed E-state index contributed by atoms with van der Waals surface area (Å²) in [7, 11) is 0. The predicted molar refractivity (Wildman–Crippen MR) is 63.1 cm³/mol. The van der Waals surface area contributed by atoms with Gasteiger partial charge in [0.25, 0.3) is 0 Å². The van der Waals surface area contributed by atoms with Crippen LogP contribution >= 0.6 is 11.3 Å². The predicted octanol–water partition coefficient (Wildman–Crippen LogP) is 3.25. The van der Waals surface area contributed by atoms with Gasteiger partial charge in [-0.05, 0) is 35.4 Å². The maximum Gasteiger partial charge on any atom is 0.0247 e. The Kier molecular flexibility index (Phi) is 2.93. The van der Waals surface area contributed by atoms with Crippen molar-refractivity contribution >= 4 is 11.3 Å². The Morgan fingerprint density at radius 1 is 1.50 bits per heavy atom. The number of likely N-dealkylation sites (N-methyl/N-ethyl adjacent to an activating group) is 1. The van der Waals surface area contributed by atoms with Crippen molar-refractivity contribution in [1.29, 1.82) is 0 Å². The van der Waals surface area contributed by atoms with Crippen molar-refractivity contribution in [2.45, 2.75) is 39.7 Å². The molecule has 0 bridgehead atoms. The summed E-state index contributed by atoms with van der Waals surface area (Å²) in [4.78, 5) is 4.18. The van der Waals surface area contributed by atoms with Crippen LogP contribution in [0.5, 0.6) is 0 Å². The fourth-order valence-corrected chi connectivity index (χ4v) is 3.36. The summed E-state index contributed by atoms with van der Waals surface area (Å²) in [5.41, 5.74) is 3.22. The Labute approximate surface area is 90.7 Å². The van der Waals surface area contributed by atoms with Crippen LogP contribution in [0, 0.1) is 0 Å². The largest absolute Gasteiger partial charge is 0.299 e. The third kappa shape index (κ3) is 1.73. The maximum absolute atomic E-state index is 2.54. The van der Waals surface area contributed by atoms with Crippen molar-refractivity contribution in [2.75, 3.05) is 13.1 Å². The zero-order valence-electron chi connectivity index (χ0n) is 9.34. The normalized spacial score (nSPS) is 17.4. The van der Waals surface area contributed by atoms with Crippen LogP contribution in [0.15, 0.2) is 5.38 Å². The number of hydrogen-bond acceptors (Lipinski definition) is 2. The Morgan fingerprint density at radius 3 is 2.93 bits per heavy atom. The first-order valence-electron chi connectivity index (χ1n) is 5.53. The van der Waals surface area contributed by atoms with Crippen LogP contribution < -0.4 is 0 Å². The fourth-order valence-electron chi connectivity index (χ4n) is 2.14. The Balaban J connectivity index is 2.28. The molecule has 0 N–H and O–H groups in total. The molecule has 2 rings (SSSR count). The first kappa shape index (κ1) is 10.2. The first-order valence-corrected chi connectivity index (χ1v) is 6.41. The minimum absolute atomic E-state index is 0.687. The molecule has 1 aliphatic heterocycles. The molecule has 14 heavy (non-hydrogen) atoms. The molecule has 78 valence electrons. The average Bonchev–Trinajstić information content (AvgIpc) is 2.59. The Hall–Kier alpha value is -0.340. The fraction of sp³-hybridized carbons (Fsp3) is 0.667. The molecule has 0 amide bonds. The lowest BCUT2D eigenvalue weighted by Crippen LogP contribution is -2.29. The van der Waals surface area contributed by atoms with Crippen molar-refractivity contribution in [3.05, 3.63) is 21.4 Å². The summed E-state index contributed by atoms with van der Waals surface area (Å²) in [5.74, 6) is 0.687. The molecule has 1 aliphatic rings. The number of rotatable bonds is 2. The number of fused-ring (bicyclic) bond motifs is 1. The van der Waals surface area contributed by atoms with Crippen LogP contribution in [0.2, 0.25) is 0 Å². The smallest absolute Gasteiger partial charge is 0.0247 e. The van der Waals surface area contributed by atoms with E-state index in [-0.39, 0.29) is 0 Å². The molecule has 0 fully saturated rings. The molecule has 1 aromatic heterocycles. The highest BCUT2D eigenvalue weighted by Gasteiger charge is 2.20. The van der Waals surface area contributed by atoms with E-state index in [2.05, 4.69) is 31.1 Å². The second-order valence-corrected chi connectivity index (χ2v) is 5.33. The average molecular weight is 209 g/mol. The lowest BCUT2D eigenvalue weighted by atomic mass is 9.97. The summed E-state index contributed by atoms with van der Waals surface area (Å²) >= 11 is 1.97. The van der Waals surface area contributed by atoms with Crippen molar-refractivity contribution in [1.82, 2.24) is 4.90 Å². The van der Waals surface area contributed by atoms with E-state index < -0.39 is 0 Å². The third-order valence-corrected chi connectivity index (χ3v) is 4.23. The summed E-state index contributed by atoms with van der Waals surface area (Å²) in [6, 6.07) is 0. The summed E-state index contributed by atoms with van der Waals surface area (Å²) in [5, 5.41) is 2.37. The minimum atomic E-state index is 0.687. The quantitative estimate of drug-likeness (QED) is 0.722. The third-order valence-electron chi connectivity index (χ3n) is 3.12. The van der Waals surface area contributed by atoms with Gasteiger partial charge < -0.3 is 0 Å². The molecule has 0 spiro atoms. The molecular formula is C12H19NS. The van der Waals surface area contributed by atoms with Crippen LogP contribution in [0.3, 0.4) is 0 Å². The molecule has 0 saturated heterocycles. The topological polar surface area (TPSA) is 3.24 Å². The van der Waals surface area contributed by atoms with E-state index in [9.17, 15) is 0 Å². The number of hydrogen-bond donors (Lipinski definition) is 0. The Bertz CT molecular complexity index is 314. The molecule has 0 aromatic carbocycles. The van der Waals surface area contributed by atoms with Gasteiger partial charge in [-0.15, -0.1) is 11.3 Å². The van der Waals surface area contributed by atoms with Gasteiger partial charge in [-0.1, -0.05) is 20.8 Å². The molecule has 0 radical (unpaired) electrons. The van der Waals surface area contributed by atoms with E-state index in [1.54, 1.807) is 16.0 Å². The van der Waals surface area contributed by atoms with Crippen molar-refractivity contribution in [3.8, 4) is 0 Å². The second kappa shape index (κ2) is 4.03. The van der Waals surface area contributed by atoms with Gasteiger partial charge in [0.05, 0.1) is 0 Å². The zero-order chi connectivity index (χ0) is 10.1. The highest BCUT2D eigenvalue weighted by Crippen LogP contribution is 2.32. The number of thiophene rings is 1. The lowest BCUT2D eigenvalue weighted by molar-refractivity contribution is 0.269. The van der Waals surface area contributed by atoms with E-state index >= 15 is 0 Å². The standard InChI is InChI=1S/C12H19NS/c1-4-13-6-5-12-10(7-13)11(8-14-12)9(2)3/h8-9H,4-7H2,1-3H3. The van der Waals surface area contributed by atoms with Gasteiger partial charge in [-0.3, -0.25) is 4.90 Å². The molecular weight excluding hydrogens is 190 g/mol. The number of nitrogens with zero attached hydrogens (tertiary/aromatic N) is 1. The Morgan fingerprint density at radius 2 is 2.29 bits per heavy atom. The van der Waals surface area contributed by atoms with Gasteiger partial charge >= 0.3 is 0 Å². The monoisotopic (exact) mass is 209 g/mol. The highest BCUT2D eigenvalue weighted by molar-refractivity contribution is 7.10. The molecule has 0 unspecified atom stereocenters. The van der Waals surface area contributed by atoms with Crippen LogP contribution in [0.1, 0.15) is 42.7 Å².